The van der Waals surface area contributed by atoms with Gasteiger partial charge in [0.15, 0.2) is 5.96 Å². The maximum Gasteiger partial charge on any atom is 0.191 e. The first-order valence-electron chi connectivity index (χ1n) is 9.12. The normalized spacial score (nSPS) is 17.5. The van der Waals surface area contributed by atoms with E-state index in [1.165, 1.54) is 0 Å². The Bertz CT molecular complexity index is 562. The molecule has 1 aliphatic heterocycles. The fourth-order valence-corrected chi connectivity index (χ4v) is 3.17. The molecule has 1 aromatic carbocycles. The molecule has 0 spiro atoms. The van der Waals surface area contributed by atoms with E-state index in [-0.39, 0.29) is 30.1 Å². The predicted molar refractivity (Wildman–Crippen MR) is 121 cm³/mol. The highest BCUT2D eigenvalue weighted by molar-refractivity contribution is 14.0. The van der Waals surface area contributed by atoms with Gasteiger partial charge in [-0.1, -0.05) is 23.7 Å². The molecule has 7 heteroatoms. The van der Waals surface area contributed by atoms with Crippen LogP contribution in [-0.4, -0.2) is 55.7 Å². The Balaban J connectivity index is 0.00000338. The van der Waals surface area contributed by atoms with Crippen molar-refractivity contribution in [2.24, 2.45) is 4.99 Å². The van der Waals surface area contributed by atoms with Crippen LogP contribution in [0.1, 0.15) is 33.6 Å². The molecule has 1 fully saturated rings. The highest BCUT2D eigenvalue weighted by Gasteiger charge is 2.21. The molecule has 0 saturated carbocycles. The summed E-state index contributed by atoms with van der Waals surface area (Å²) in [5, 5.41) is 7.51. The molecule has 5 nitrogen and oxygen atoms in total. The largest absolute Gasteiger partial charge is 0.487 e. The van der Waals surface area contributed by atoms with Crippen LogP contribution in [0.3, 0.4) is 0 Å². The number of likely N-dealkylation sites (tertiary alicyclic amines) is 1. The zero-order valence-corrected chi connectivity index (χ0v) is 19.3. The summed E-state index contributed by atoms with van der Waals surface area (Å²) in [7, 11) is 1.80. The van der Waals surface area contributed by atoms with Crippen LogP contribution in [0.4, 0.5) is 0 Å². The maximum atomic E-state index is 6.14. The third kappa shape index (κ3) is 7.48. The fourth-order valence-electron chi connectivity index (χ4n) is 2.99. The topological polar surface area (TPSA) is 48.9 Å². The number of halogens is 2. The Hall–Kier alpha value is -0.730. The first-order chi connectivity index (χ1) is 12.0. The highest BCUT2D eigenvalue weighted by Crippen LogP contribution is 2.24. The number of ether oxygens (including phenoxy) is 1. The van der Waals surface area contributed by atoms with Crippen molar-refractivity contribution in [2.45, 2.75) is 51.8 Å². The second-order valence-corrected chi connectivity index (χ2v) is 7.27. The maximum absolute atomic E-state index is 6.14. The van der Waals surface area contributed by atoms with Crippen molar-refractivity contribution in [3.63, 3.8) is 0 Å². The monoisotopic (exact) mass is 494 g/mol. The van der Waals surface area contributed by atoms with E-state index in [0.717, 1.165) is 31.9 Å². The van der Waals surface area contributed by atoms with Crippen molar-refractivity contribution >= 4 is 41.5 Å². The molecule has 1 atom stereocenters. The van der Waals surface area contributed by atoms with Gasteiger partial charge in [-0.15, -0.1) is 24.0 Å². The van der Waals surface area contributed by atoms with Gasteiger partial charge in [0.25, 0.3) is 0 Å². The van der Waals surface area contributed by atoms with Gasteiger partial charge < -0.3 is 20.3 Å². The average molecular weight is 495 g/mol. The summed E-state index contributed by atoms with van der Waals surface area (Å²) in [6, 6.07) is 8.64. The second kappa shape index (κ2) is 11.9. The molecule has 0 aliphatic carbocycles. The van der Waals surface area contributed by atoms with Crippen LogP contribution in [0, 0.1) is 0 Å². The Morgan fingerprint density at radius 2 is 1.92 bits per heavy atom. The lowest BCUT2D eigenvalue weighted by molar-refractivity contribution is 0.167. The molecule has 26 heavy (non-hydrogen) atoms. The number of guanidine groups is 1. The molecular weight excluding hydrogens is 463 g/mol. The molecule has 0 radical (unpaired) electrons. The smallest absolute Gasteiger partial charge is 0.191 e. The van der Waals surface area contributed by atoms with Crippen LogP contribution in [0.25, 0.3) is 0 Å². The fraction of sp³-hybridized carbons (Fsp3) is 0.632. The zero-order chi connectivity index (χ0) is 18.2. The minimum Gasteiger partial charge on any atom is -0.487 e. The number of hydrogen-bond acceptors (Lipinski definition) is 3. The molecule has 0 aromatic heterocycles. The third-order valence-electron chi connectivity index (χ3n) is 4.55. The lowest BCUT2D eigenvalue weighted by Crippen LogP contribution is -2.50. The van der Waals surface area contributed by atoms with Gasteiger partial charge in [-0.3, -0.25) is 4.99 Å². The summed E-state index contributed by atoms with van der Waals surface area (Å²) in [6.07, 6.45) is 2.27. The van der Waals surface area contributed by atoms with Gasteiger partial charge in [0.05, 0.1) is 11.6 Å². The van der Waals surface area contributed by atoms with E-state index in [9.17, 15) is 0 Å². The van der Waals surface area contributed by atoms with Crippen LogP contribution < -0.4 is 15.4 Å². The minimum atomic E-state index is -0.0127. The van der Waals surface area contributed by atoms with Crippen LogP contribution in [0.5, 0.6) is 5.75 Å². The van der Waals surface area contributed by atoms with Crippen molar-refractivity contribution in [3.05, 3.63) is 29.3 Å². The minimum absolute atomic E-state index is 0. The van der Waals surface area contributed by atoms with Gasteiger partial charge in [0.2, 0.25) is 0 Å². The first kappa shape index (κ1) is 23.3. The van der Waals surface area contributed by atoms with E-state index in [0.29, 0.717) is 29.4 Å². The van der Waals surface area contributed by atoms with E-state index in [1.54, 1.807) is 7.05 Å². The van der Waals surface area contributed by atoms with Crippen LogP contribution >= 0.6 is 35.6 Å². The lowest BCUT2D eigenvalue weighted by Gasteiger charge is -2.35. The summed E-state index contributed by atoms with van der Waals surface area (Å²) in [6.45, 7) is 9.47. The number of rotatable bonds is 6. The van der Waals surface area contributed by atoms with Gasteiger partial charge in [-0.05, 0) is 45.7 Å². The number of nitrogens with zero attached hydrogens (tertiary/aromatic N) is 2. The molecule has 1 aliphatic rings. The Kier molecular flexibility index (Phi) is 10.6. The van der Waals surface area contributed by atoms with Crippen molar-refractivity contribution in [1.82, 2.24) is 15.5 Å². The number of hydrogen-bond donors (Lipinski definition) is 2. The standard InChI is InChI=1S/C19H31ClN4O.HI/c1-14(2)24-11-9-16(10-12-24)23-19(21-4)22-13-15(3)25-18-8-6-5-7-17(18)20;/h5-8,14-16H,9-13H2,1-4H3,(H2,21,22,23);1H. The molecule has 2 rings (SSSR count). The molecular formula is C19H32ClIN4O. The second-order valence-electron chi connectivity index (χ2n) is 6.86. The van der Waals surface area contributed by atoms with Crippen molar-refractivity contribution in [3.8, 4) is 5.75 Å². The quantitative estimate of drug-likeness (QED) is 0.359. The molecule has 1 heterocycles. The highest BCUT2D eigenvalue weighted by atomic mass is 127. The molecule has 2 N–H and O–H groups in total. The summed E-state index contributed by atoms with van der Waals surface area (Å²) in [4.78, 5) is 6.85. The molecule has 1 unspecified atom stereocenters. The van der Waals surface area contributed by atoms with Crippen molar-refractivity contribution < 1.29 is 4.74 Å². The van der Waals surface area contributed by atoms with E-state index in [2.05, 4.69) is 34.4 Å². The van der Waals surface area contributed by atoms with E-state index >= 15 is 0 Å². The number of benzene rings is 1. The number of aliphatic imine (C=N–C) groups is 1. The Morgan fingerprint density at radius 1 is 1.27 bits per heavy atom. The van der Waals surface area contributed by atoms with Crippen molar-refractivity contribution in [2.75, 3.05) is 26.7 Å². The molecule has 148 valence electrons. The molecule has 0 bridgehead atoms. The van der Waals surface area contributed by atoms with E-state index < -0.39 is 0 Å². The van der Waals surface area contributed by atoms with Crippen LogP contribution in [-0.2, 0) is 0 Å². The summed E-state index contributed by atoms with van der Waals surface area (Å²) < 4.78 is 5.89. The van der Waals surface area contributed by atoms with Gasteiger partial charge in [-0.2, -0.15) is 0 Å². The first-order valence-corrected chi connectivity index (χ1v) is 9.49. The molecule has 1 saturated heterocycles. The Morgan fingerprint density at radius 3 is 2.50 bits per heavy atom. The number of para-hydroxylation sites is 1. The van der Waals surface area contributed by atoms with Gasteiger partial charge in [0, 0.05) is 32.2 Å². The van der Waals surface area contributed by atoms with Gasteiger partial charge in [-0.25, -0.2) is 0 Å². The van der Waals surface area contributed by atoms with Gasteiger partial charge >= 0.3 is 0 Å². The van der Waals surface area contributed by atoms with E-state index in [1.807, 2.05) is 31.2 Å². The van der Waals surface area contributed by atoms with Gasteiger partial charge in [0.1, 0.15) is 11.9 Å². The summed E-state index contributed by atoms with van der Waals surface area (Å²) in [5.41, 5.74) is 0. The Labute approximate surface area is 179 Å². The van der Waals surface area contributed by atoms with Crippen LogP contribution in [0.15, 0.2) is 29.3 Å². The SMILES string of the molecule is CN=C(NCC(C)Oc1ccccc1Cl)NC1CCN(C(C)C)CC1.I. The summed E-state index contributed by atoms with van der Waals surface area (Å²) >= 11 is 6.14. The molecule has 0 amide bonds. The predicted octanol–water partition coefficient (Wildman–Crippen LogP) is 3.76. The number of nitrogens with one attached hydrogen (secondary N) is 2. The average Bonchev–Trinajstić information content (AvgIpc) is 2.61. The third-order valence-corrected chi connectivity index (χ3v) is 4.86. The molecule has 1 aromatic rings. The van der Waals surface area contributed by atoms with Crippen LogP contribution in [0.2, 0.25) is 5.02 Å². The zero-order valence-electron chi connectivity index (χ0n) is 16.2. The van der Waals surface area contributed by atoms with E-state index in [4.69, 9.17) is 16.3 Å². The lowest BCUT2D eigenvalue weighted by atomic mass is 10.0. The summed E-state index contributed by atoms with van der Waals surface area (Å²) in [5.74, 6) is 1.54. The van der Waals surface area contributed by atoms with Crippen molar-refractivity contribution in [1.29, 1.82) is 0 Å². The number of piperidine rings is 1.